The Morgan fingerprint density at radius 1 is 1.00 bits per heavy atom. The van der Waals surface area contributed by atoms with Crippen molar-refractivity contribution in [2.75, 3.05) is 13.1 Å². The highest BCUT2D eigenvalue weighted by atomic mass is 16.4. The number of carboxylic acid groups (broad SMARTS) is 1. The van der Waals surface area contributed by atoms with Crippen molar-refractivity contribution in [2.45, 2.75) is 64.8 Å². The second-order valence-corrected chi connectivity index (χ2v) is 10.8. The maximum atomic E-state index is 12.0. The summed E-state index contributed by atoms with van der Waals surface area (Å²) in [6, 6.07) is 20.6. The zero-order valence-corrected chi connectivity index (χ0v) is 22.9. The number of hydrogen-bond acceptors (Lipinski definition) is 4. The summed E-state index contributed by atoms with van der Waals surface area (Å²) in [5.74, 6) is 1.23. The first kappa shape index (κ1) is 25.4. The molecule has 1 N–H and O–H groups in total. The Morgan fingerprint density at radius 2 is 1.79 bits per heavy atom. The van der Waals surface area contributed by atoms with E-state index in [4.69, 9.17) is 9.98 Å². The van der Waals surface area contributed by atoms with Gasteiger partial charge in [0.1, 0.15) is 11.7 Å². The van der Waals surface area contributed by atoms with Crippen LogP contribution in [0.3, 0.4) is 0 Å². The second-order valence-electron chi connectivity index (χ2n) is 10.8. The monoisotopic (exact) mass is 520 g/mol. The lowest BCUT2D eigenvalue weighted by Crippen LogP contribution is -2.39. The maximum absolute atomic E-state index is 12.0. The first-order chi connectivity index (χ1) is 19.1. The van der Waals surface area contributed by atoms with E-state index in [0.717, 1.165) is 76.6 Å². The lowest BCUT2D eigenvalue weighted by atomic mass is 9.93. The summed E-state index contributed by atoms with van der Waals surface area (Å²) in [5.41, 5.74) is 7.24. The van der Waals surface area contributed by atoms with Crippen LogP contribution in [0.25, 0.3) is 27.8 Å². The van der Waals surface area contributed by atoms with Gasteiger partial charge in [0, 0.05) is 24.6 Å². The Balaban J connectivity index is 1.48. The predicted octanol–water partition coefficient (Wildman–Crippen LogP) is 7.05. The van der Waals surface area contributed by atoms with Crippen LogP contribution in [-0.2, 0) is 6.42 Å². The van der Waals surface area contributed by atoms with Crippen molar-refractivity contribution in [3.8, 4) is 16.8 Å². The number of imidazole rings is 1. The van der Waals surface area contributed by atoms with Gasteiger partial charge in [0.2, 0.25) is 0 Å². The average molecular weight is 521 g/mol. The molecule has 0 amide bonds. The molecule has 2 heterocycles. The molecule has 1 aromatic heterocycles. The Hall–Kier alpha value is -3.93. The number of hydrogen-bond donors (Lipinski definition) is 1. The van der Waals surface area contributed by atoms with E-state index in [1.54, 1.807) is 12.1 Å². The largest absolute Gasteiger partial charge is 0.478 e. The minimum atomic E-state index is -0.917. The number of aryl methyl sites for hydroxylation is 1. The number of fused-ring (bicyclic) bond motifs is 1. The average Bonchev–Trinajstić information content (AvgIpc) is 3.59. The van der Waals surface area contributed by atoms with Crippen molar-refractivity contribution >= 4 is 22.8 Å². The number of carbonyl (C=O) groups is 1. The standard InChI is InChI=1S/C33H36N4O2/c1-3-10-31-35-28-18-17-23(32-34-19-20-36(32)24-11-5-4-6-12-24)21-30(28)37(31)29-16-9-15-25(22(29)2)26-13-7-8-14-27(26)33(38)39/h7-9,13-18,21,24H,3-6,10-12,19-20H2,1-2H3,(H,38,39). The first-order valence-corrected chi connectivity index (χ1v) is 14.3. The highest BCUT2D eigenvalue weighted by molar-refractivity contribution is 6.02. The molecule has 3 aromatic carbocycles. The normalized spacial score (nSPS) is 16.2. The molecular weight excluding hydrogens is 484 g/mol. The minimum absolute atomic E-state index is 0.311. The van der Waals surface area contributed by atoms with Crippen molar-refractivity contribution in [3.63, 3.8) is 0 Å². The molecule has 0 atom stereocenters. The van der Waals surface area contributed by atoms with Crippen LogP contribution < -0.4 is 0 Å². The van der Waals surface area contributed by atoms with E-state index in [2.05, 4.69) is 47.6 Å². The maximum Gasteiger partial charge on any atom is 0.336 e. The third-order valence-corrected chi connectivity index (χ3v) is 8.34. The molecule has 1 saturated carbocycles. The summed E-state index contributed by atoms with van der Waals surface area (Å²) in [7, 11) is 0. The quantitative estimate of drug-likeness (QED) is 0.284. The molecular formula is C33H36N4O2. The lowest BCUT2D eigenvalue weighted by molar-refractivity contribution is 0.0697. The SMILES string of the molecule is CCCc1nc2ccc(C3=NCCN3C3CCCCC3)cc2n1-c1cccc(-c2ccccc2C(=O)O)c1C. The fraction of sp³-hybridized carbons (Fsp3) is 0.364. The number of rotatable bonds is 7. The molecule has 0 unspecified atom stereocenters. The smallest absolute Gasteiger partial charge is 0.336 e. The van der Waals surface area contributed by atoms with Gasteiger partial charge in [-0.3, -0.25) is 9.56 Å². The van der Waals surface area contributed by atoms with E-state index in [1.165, 1.54) is 32.1 Å². The Bertz CT molecular complexity index is 1560. The molecule has 200 valence electrons. The van der Waals surface area contributed by atoms with Crippen LogP contribution in [-0.4, -0.2) is 50.5 Å². The number of benzene rings is 3. The van der Waals surface area contributed by atoms with Crippen molar-refractivity contribution in [3.05, 3.63) is 83.2 Å². The predicted molar refractivity (Wildman–Crippen MR) is 157 cm³/mol. The van der Waals surface area contributed by atoms with E-state index in [1.807, 2.05) is 24.3 Å². The number of carboxylic acids is 1. The van der Waals surface area contributed by atoms with E-state index in [9.17, 15) is 9.90 Å². The molecule has 1 fully saturated rings. The molecule has 2 aliphatic rings. The molecule has 39 heavy (non-hydrogen) atoms. The lowest BCUT2D eigenvalue weighted by Gasteiger charge is -2.33. The van der Waals surface area contributed by atoms with Gasteiger partial charge in [0.15, 0.2) is 0 Å². The molecule has 6 heteroatoms. The summed E-state index contributed by atoms with van der Waals surface area (Å²) >= 11 is 0. The van der Waals surface area contributed by atoms with Gasteiger partial charge in [-0.25, -0.2) is 9.78 Å². The third kappa shape index (κ3) is 4.62. The van der Waals surface area contributed by atoms with Crippen molar-refractivity contribution in [1.29, 1.82) is 0 Å². The van der Waals surface area contributed by atoms with Gasteiger partial charge in [-0.1, -0.05) is 56.5 Å². The van der Waals surface area contributed by atoms with E-state index < -0.39 is 5.97 Å². The van der Waals surface area contributed by atoms with Crippen molar-refractivity contribution in [2.24, 2.45) is 4.99 Å². The van der Waals surface area contributed by atoms with E-state index in [-0.39, 0.29) is 0 Å². The highest BCUT2D eigenvalue weighted by Gasteiger charge is 2.28. The molecule has 0 saturated heterocycles. The van der Waals surface area contributed by atoms with Gasteiger partial charge in [0.25, 0.3) is 0 Å². The molecule has 1 aliphatic heterocycles. The van der Waals surface area contributed by atoms with Crippen LogP contribution >= 0.6 is 0 Å². The Morgan fingerprint density at radius 3 is 2.59 bits per heavy atom. The van der Waals surface area contributed by atoms with Crippen LogP contribution in [0.5, 0.6) is 0 Å². The number of nitrogens with zero attached hydrogens (tertiary/aromatic N) is 4. The summed E-state index contributed by atoms with van der Waals surface area (Å²) < 4.78 is 2.28. The van der Waals surface area contributed by atoms with Crippen molar-refractivity contribution in [1.82, 2.24) is 14.5 Å². The Labute approximate surface area is 230 Å². The number of amidine groups is 1. The van der Waals surface area contributed by atoms with Gasteiger partial charge in [-0.05, 0) is 73.2 Å². The molecule has 1 aliphatic carbocycles. The molecule has 0 spiro atoms. The molecule has 4 aromatic rings. The van der Waals surface area contributed by atoms with Crippen LogP contribution in [0.15, 0.2) is 65.7 Å². The van der Waals surface area contributed by atoms with Crippen LogP contribution in [0.1, 0.15) is 72.8 Å². The zero-order chi connectivity index (χ0) is 26.9. The molecule has 0 bridgehead atoms. The third-order valence-electron chi connectivity index (χ3n) is 8.34. The molecule has 6 nitrogen and oxygen atoms in total. The van der Waals surface area contributed by atoms with E-state index >= 15 is 0 Å². The fourth-order valence-corrected chi connectivity index (χ4v) is 6.45. The van der Waals surface area contributed by atoms with Crippen LogP contribution in [0.4, 0.5) is 0 Å². The second kappa shape index (κ2) is 10.7. The molecule has 0 radical (unpaired) electrons. The highest BCUT2D eigenvalue weighted by Crippen LogP contribution is 2.34. The van der Waals surface area contributed by atoms with Crippen LogP contribution in [0, 0.1) is 6.92 Å². The molecule has 6 rings (SSSR count). The van der Waals surface area contributed by atoms with Gasteiger partial charge in [-0.2, -0.15) is 0 Å². The number of aromatic nitrogens is 2. The van der Waals surface area contributed by atoms with Crippen molar-refractivity contribution < 1.29 is 9.90 Å². The zero-order valence-electron chi connectivity index (χ0n) is 22.9. The van der Waals surface area contributed by atoms with Gasteiger partial charge >= 0.3 is 5.97 Å². The van der Waals surface area contributed by atoms with E-state index in [0.29, 0.717) is 11.6 Å². The first-order valence-electron chi connectivity index (χ1n) is 14.3. The van der Waals surface area contributed by atoms with Gasteiger partial charge < -0.3 is 10.0 Å². The number of aliphatic imine (C=N–C) groups is 1. The summed E-state index contributed by atoms with van der Waals surface area (Å²) in [6.45, 7) is 6.12. The topological polar surface area (TPSA) is 70.7 Å². The summed E-state index contributed by atoms with van der Waals surface area (Å²) in [4.78, 5) is 24.6. The number of aromatic carboxylic acids is 1. The fourth-order valence-electron chi connectivity index (χ4n) is 6.45. The minimum Gasteiger partial charge on any atom is -0.478 e. The van der Waals surface area contributed by atoms with Crippen LogP contribution in [0.2, 0.25) is 0 Å². The summed E-state index contributed by atoms with van der Waals surface area (Å²) in [6.07, 6.45) is 8.31. The summed E-state index contributed by atoms with van der Waals surface area (Å²) in [5, 5.41) is 9.85. The Kier molecular flexibility index (Phi) is 6.94. The van der Waals surface area contributed by atoms with Gasteiger partial charge in [-0.15, -0.1) is 0 Å². The van der Waals surface area contributed by atoms with Gasteiger partial charge in [0.05, 0.1) is 28.8 Å².